The quantitative estimate of drug-likeness (QED) is 0.653. The first-order valence-corrected chi connectivity index (χ1v) is 5.59. The number of hydrogen-bond acceptors (Lipinski definition) is 3. The van der Waals surface area contributed by atoms with Crippen LogP contribution in [0.15, 0.2) is 0 Å². The Morgan fingerprint density at radius 1 is 1.07 bits per heavy atom. The molecule has 3 aliphatic rings. The maximum absolute atomic E-state index is 11.4. The lowest BCUT2D eigenvalue weighted by Crippen LogP contribution is -2.60. The first kappa shape index (κ1) is 11.2. The number of nitrogens with one attached hydrogen (secondary N) is 2. The third-order valence-electron chi connectivity index (χ3n) is 3.81. The summed E-state index contributed by atoms with van der Waals surface area (Å²) in [5, 5.41) is 6.32. The number of carbonyl (C=O) groups is 1. The van der Waals surface area contributed by atoms with Gasteiger partial charge in [0.25, 0.3) is 0 Å². The summed E-state index contributed by atoms with van der Waals surface area (Å²) in [4.78, 5) is 14.0. The Bertz CT molecular complexity index is 257. The molecule has 0 aromatic carbocycles. The van der Waals surface area contributed by atoms with Crippen LogP contribution in [0.3, 0.4) is 0 Å². The summed E-state index contributed by atoms with van der Waals surface area (Å²) in [6.07, 6.45) is 3.20. The molecule has 2 atom stereocenters. The van der Waals surface area contributed by atoms with Crippen molar-refractivity contribution in [2.75, 3.05) is 19.6 Å². The summed E-state index contributed by atoms with van der Waals surface area (Å²) in [5.74, 6) is 0.245. The molecule has 5 heteroatoms. The molecule has 3 saturated heterocycles. The molecular formula is C10H18ClN3O. The lowest BCUT2D eigenvalue weighted by atomic mass is 10.1. The molecule has 0 aromatic heterocycles. The van der Waals surface area contributed by atoms with Crippen molar-refractivity contribution in [2.45, 2.75) is 37.4 Å². The first-order valence-electron chi connectivity index (χ1n) is 5.59. The molecule has 0 aromatic rings. The molecule has 3 heterocycles. The van der Waals surface area contributed by atoms with Crippen molar-refractivity contribution in [2.24, 2.45) is 0 Å². The van der Waals surface area contributed by atoms with Crippen molar-refractivity contribution in [3.63, 3.8) is 0 Å². The standard InChI is InChI=1S/C10H17N3O.ClH/c14-10-3-7-1-2-8(6-12-10)13(7)9-4-11-5-9;/h7-9,11H,1-6H2,(H,12,14);1H. The topological polar surface area (TPSA) is 44.4 Å². The van der Waals surface area contributed by atoms with E-state index >= 15 is 0 Å². The summed E-state index contributed by atoms with van der Waals surface area (Å²) in [6.45, 7) is 3.09. The van der Waals surface area contributed by atoms with E-state index in [2.05, 4.69) is 15.5 Å². The van der Waals surface area contributed by atoms with Crippen LogP contribution >= 0.6 is 12.4 Å². The minimum absolute atomic E-state index is 0. The third-order valence-corrected chi connectivity index (χ3v) is 3.81. The third kappa shape index (κ3) is 1.86. The van der Waals surface area contributed by atoms with Crippen molar-refractivity contribution in [1.29, 1.82) is 0 Å². The van der Waals surface area contributed by atoms with E-state index in [4.69, 9.17) is 0 Å². The van der Waals surface area contributed by atoms with Crippen LogP contribution in [0.5, 0.6) is 0 Å². The van der Waals surface area contributed by atoms with Gasteiger partial charge in [-0.2, -0.15) is 0 Å². The second-order valence-electron chi connectivity index (χ2n) is 4.65. The smallest absolute Gasteiger partial charge is 0.221 e. The van der Waals surface area contributed by atoms with Crippen molar-refractivity contribution >= 4 is 18.3 Å². The Hall–Kier alpha value is -0.320. The Balaban J connectivity index is 0.000000853. The SMILES string of the molecule is Cl.O=C1CC2CCC(CN1)N2C1CNC1. The molecule has 86 valence electrons. The zero-order chi connectivity index (χ0) is 9.54. The van der Waals surface area contributed by atoms with Gasteiger partial charge in [0, 0.05) is 44.2 Å². The highest BCUT2D eigenvalue weighted by Crippen LogP contribution is 2.31. The Kier molecular flexibility index (Phi) is 3.19. The van der Waals surface area contributed by atoms with E-state index in [-0.39, 0.29) is 18.3 Å². The van der Waals surface area contributed by atoms with Crippen LogP contribution in [0.2, 0.25) is 0 Å². The summed E-state index contributed by atoms with van der Waals surface area (Å²) in [5.41, 5.74) is 0. The van der Waals surface area contributed by atoms with Crippen LogP contribution < -0.4 is 10.6 Å². The number of fused-ring (bicyclic) bond motifs is 2. The number of amides is 1. The van der Waals surface area contributed by atoms with Gasteiger partial charge in [0.05, 0.1) is 0 Å². The first-order chi connectivity index (χ1) is 6.84. The Morgan fingerprint density at radius 3 is 2.47 bits per heavy atom. The minimum atomic E-state index is 0. The minimum Gasteiger partial charge on any atom is -0.354 e. The van der Waals surface area contributed by atoms with Crippen LogP contribution in [-0.2, 0) is 4.79 Å². The average molecular weight is 232 g/mol. The van der Waals surface area contributed by atoms with Crippen molar-refractivity contribution in [3.05, 3.63) is 0 Å². The number of hydrogen-bond donors (Lipinski definition) is 2. The zero-order valence-electron chi connectivity index (χ0n) is 8.74. The van der Waals surface area contributed by atoms with Crippen LogP contribution in [-0.4, -0.2) is 48.6 Å². The average Bonchev–Trinajstić information content (AvgIpc) is 2.34. The van der Waals surface area contributed by atoms with Gasteiger partial charge >= 0.3 is 0 Å². The van der Waals surface area contributed by atoms with E-state index in [1.54, 1.807) is 0 Å². The van der Waals surface area contributed by atoms with E-state index in [1.165, 1.54) is 12.8 Å². The van der Waals surface area contributed by atoms with E-state index in [9.17, 15) is 4.79 Å². The number of halogens is 1. The fourth-order valence-electron chi connectivity index (χ4n) is 2.99. The van der Waals surface area contributed by atoms with Gasteiger partial charge in [0.15, 0.2) is 0 Å². The fourth-order valence-corrected chi connectivity index (χ4v) is 2.99. The molecule has 0 saturated carbocycles. The molecule has 2 bridgehead atoms. The van der Waals surface area contributed by atoms with Crippen LogP contribution in [0, 0.1) is 0 Å². The van der Waals surface area contributed by atoms with Crippen LogP contribution in [0.1, 0.15) is 19.3 Å². The van der Waals surface area contributed by atoms with E-state index in [0.717, 1.165) is 19.6 Å². The van der Waals surface area contributed by atoms with E-state index in [0.29, 0.717) is 24.5 Å². The fraction of sp³-hybridized carbons (Fsp3) is 0.900. The zero-order valence-corrected chi connectivity index (χ0v) is 9.55. The molecule has 0 spiro atoms. The van der Waals surface area contributed by atoms with Gasteiger partial charge in [-0.15, -0.1) is 12.4 Å². The molecule has 3 aliphatic heterocycles. The molecule has 15 heavy (non-hydrogen) atoms. The Morgan fingerprint density at radius 2 is 1.80 bits per heavy atom. The largest absolute Gasteiger partial charge is 0.354 e. The van der Waals surface area contributed by atoms with Crippen molar-refractivity contribution in [1.82, 2.24) is 15.5 Å². The number of carbonyl (C=O) groups excluding carboxylic acids is 1. The Labute approximate surface area is 96.2 Å². The van der Waals surface area contributed by atoms with Gasteiger partial charge < -0.3 is 10.6 Å². The van der Waals surface area contributed by atoms with E-state index < -0.39 is 0 Å². The molecule has 2 N–H and O–H groups in total. The van der Waals surface area contributed by atoms with E-state index in [1.807, 2.05) is 0 Å². The molecule has 2 unspecified atom stereocenters. The van der Waals surface area contributed by atoms with Crippen molar-refractivity contribution in [3.8, 4) is 0 Å². The predicted octanol–water partition coefficient (Wildman–Crippen LogP) is -0.267. The second-order valence-corrected chi connectivity index (χ2v) is 4.65. The molecule has 4 nitrogen and oxygen atoms in total. The summed E-state index contributed by atoms with van der Waals surface area (Å²) in [6, 6.07) is 1.83. The van der Waals surface area contributed by atoms with Gasteiger partial charge in [0.1, 0.15) is 0 Å². The summed E-state index contributed by atoms with van der Waals surface area (Å²) < 4.78 is 0. The van der Waals surface area contributed by atoms with Gasteiger partial charge in [-0.25, -0.2) is 0 Å². The highest BCUT2D eigenvalue weighted by Gasteiger charge is 2.42. The molecule has 3 fully saturated rings. The second kappa shape index (κ2) is 4.28. The lowest BCUT2D eigenvalue weighted by Gasteiger charge is -2.41. The van der Waals surface area contributed by atoms with Gasteiger partial charge in [-0.1, -0.05) is 0 Å². The molecular weight excluding hydrogens is 214 g/mol. The molecule has 0 aliphatic carbocycles. The normalized spacial score (nSPS) is 36.4. The van der Waals surface area contributed by atoms with Crippen LogP contribution in [0.4, 0.5) is 0 Å². The molecule has 0 radical (unpaired) electrons. The van der Waals surface area contributed by atoms with Crippen molar-refractivity contribution < 1.29 is 4.79 Å². The maximum atomic E-state index is 11.4. The monoisotopic (exact) mass is 231 g/mol. The number of rotatable bonds is 1. The number of nitrogens with zero attached hydrogens (tertiary/aromatic N) is 1. The maximum Gasteiger partial charge on any atom is 0.221 e. The van der Waals surface area contributed by atoms with Gasteiger partial charge in [0.2, 0.25) is 5.91 Å². The highest BCUT2D eigenvalue weighted by atomic mass is 35.5. The predicted molar refractivity (Wildman–Crippen MR) is 60.2 cm³/mol. The van der Waals surface area contributed by atoms with Crippen LogP contribution in [0.25, 0.3) is 0 Å². The van der Waals surface area contributed by atoms with Gasteiger partial charge in [-0.3, -0.25) is 9.69 Å². The summed E-state index contributed by atoms with van der Waals surface area (Å²) >= 11 is 0. The lowest BCUT2D eigenvalue weighted by molar-refractivity contribution is -0.121. The highest BCUT2D eigenvalue weighted by molar-refractivity contribution is 5.85. The van der Waals surface area contributed by atoms with Gasteiger partial charge in [-0.05, 0) is 12.8 Å². The summed E-state index contributed by atoms with van der Waals surface area (Å²) in [7, 11) is 0. The molecule has 1 amide bonds. The molecule has 3 rings (SSSR count).